The molecule has 0 unspecified atom stereocenters. The van der Waals surface area contributed by atoms with Crippen LogP contribution in [0.1, 0.15) is 18.5 Å². The lowest BCUT2D eigenvalue weighted by atomic mass is 10.4. The number of fused-ring (bicyclic) bond motifs is 1. The second kappa shape index (κ2) is 6.10. The number of rotatable bonds is 4. The molecule has 0 N–H and O–H groups in total. The molecule has 1 saturated heterocycles. The maximum absolute atomic E-state index is 12.5. The number of pyridine rings is 1. The van der Waals surface area contributed by atoms with E-state index >= 15 is 0 Å². The van der Waals surface area contributed by atoms with Crippen LogP contribution in [0.4, 0.5) is 0 Å². The Morgan fingerprint density at radius 1 is 1.25 bits per heavy atom. The van der Waals surface area contributed by atoms with Gasteiger partial charge in [0.05, 0.1) is 11.9 Å². The Balaban J connectivity index is 1.53. The molecule has 0 radical (unpaired) electrons. The van der Waals surface area contributed by atoms with Crippen LogP contribution in [0.2, 0.25) is 0 Å². The fourth-order valence-corrected chi connectivity index (χ4v) is 5.90. The van der Waals surface area contributed by atoms with Crippen LogP contribution in [0.3, 0.4) is 0 Å². The maximum Gasteiger partial charge on any atom is 0.244 e. The van der Waals surface area contributed by atoms with E-state index in [1.807, 2.05) is 13.1 Å². The van der Waals surface area contributed by atoms with Gasteiger partial charge >= 0.3 is 0 Å². The molecule has 3 aromatic heterocycles. The second-order valence-corrected chi connectivity index (χ2v) is 9.68. The normalized spacial score (nSPS) is 16.2. The number of hydrogen-bond acceptors (Lipinski definition) is 7. The maximum atomic E-state index is 12.5. The summed E-state index contributed by atoms with van der Waals surface area (Å²) in [6.45, 7) is 3.11. The SMILES string of the molecule is Cc1cn2nc(Sc3ccc(S(=O)(=O)N4CCCC4)cn3)sc2n1. The lowest BCUT2D eigenvalue weighted by molar-refractivity contribution is 0.477. The zero-order chi connectivity index (χ0) is 16.7. The van der Waals surface area contributed by atoms with Crippen molar-refractivity contribution in [3.63, 3.8) is 0 Å². The van der Waals surface area contributed by atoms with Crippen LogP contribution in [0, 0.1) is 6.92 Å². The van der Waals surface area contributed by atoms with Crippen LogP contribution in [-0.4, -0.2) is 45.4 Å². The van der Waals surface area contributed by atoms with Crippen molar-refractivity contribution in [1.82, 2.24) is 23.9 Å². The molecule has 126 valence electrons. The molecule has 7 nitrogen and oxygen atoms in total. The van der Waals surface area contributed by atoms with E-state index in [4.69, 9.17) is 0 Å². The van der Waals surface area contributed by atoms with E-state index in [-0.39, 0.29) is 4.90 Å². The zero-order valence-corrected chi connectivity index (χ0v) is 15.4. The van der Waals surface area contributed by atoms with Gasteiger partial charge in [-0.3, -0.25) is 0 Å². The molecule has 0 aromatic carbocycles. The molecular weight excluding hydrogens is 366 g/mol. The topological polar surface area (TPSA) is 80.5 Å². The van der Waals surface area contributed by atoms with E-state index in [9.17, 15) is 8.42 Å². The Bertz CT molecular complexity index is 940. The van der Waals surface area contributed by atoms with Gasteiger partial charge in [0.1, 0.15) is 9.92 Å². The van der Waals surface area contributed by atoms with Crippen LogP contribution in [0.25, 0.3) is 4.96 Å². The van der Waals surface area contributed by atoms with Gasteiger partial charge in [-0.05, 0) is 43.7 Å². The Kier molecular flexibility index (Phi) is 4.07. The summed E-state index contributed by atoms with van der Waals surface area (Å²) >= 11 is 2.88. The molecule has 0 saturated carbocycles. The van der Waals surface area contributed by atoms with Crippen molar-refractivity contribution in [3.8, 4) is 0 Å². The minimum atomic E-state index is -3.41. The van der Waals surface area contributed by atoms with E-state index in [1.54, 1.807) is 16.6 Å². The number of aromatic nitrogens is 4. The van der Waals surface area contributed by atoms with E-state index < -0.39 is 10.0 Å². The van der Waals surface area contributed by atoms with E-state index in [0.29, 0.717) is 18.1 Å². The van der Waals surface area contributed by atoms with E-state index in [0.717, 1.165) is 27.8 Å². The molecule has 0 atom stereocenters. The van der Waals surface area contributed by atoms with Gasteiger partial charge in [-0.25, -0.2) is 22.9 Å². The fourth-order valence-electron chi connectivity index (χ4n) is 2.58. The lowest BCUT2D eigenvalue weighted by Gasteiger charge is -2.15. The molecule has 4 rings (SSSR count). The first kappa shape index (κ1) is 16.0. The average molecular weight is 382 g/mol. The van der Waals surface area contributed by atoms with Crippen LogP contribution in [0.5, 0.6) is 0 Å². The number of imidazole rings is 1. The van der Waals surface area contributed by atoms with Crippen molar-refractivity contribution in [2.45, 2.75) is 34.0 Å². The summed E-state index contributed by atoms with van der Waals surface area (Å²) in [4.78, 5) is 9.73. The summed E-state index contributed by atoms with van der Waals surface area (Å²) in [6, 6.07) is 3.34. The average Bonchev–Trinajstić information content (AvgIpc) is 3.24. The van der Waals surface area contributed by atoms with Gasteiger partial charge in [0.2, 0.25) is 15.0 Å². The minimum Gasteiger partial charge on any atom is -0.248 e. The highest BCUT2D eigenvalue weighted by molar-refractivity contribution is 8.01. The van der Waals surface area contributed by atoms with E-state index in [2.05, 4.69) is 15.1 Å². The summed E-state index contributed by atoms with van der Waals surface area (Å²) in [7, 11) is -3.41. The standard InChI is InChI=1S/C14H15N5O2S3/c1-10-9-19-13(16-10)23-14(17-19)22-12-5-4-11(8-15-12)24(20,21)18-6-2-3-7-18/h4-5,8-9H,2-3,6-7H2,1H3. The number of nitrogens with zero attached hydrogens (tertiary/aromatic N) is 5. The Morgan fingerprint density at radius 3 is 2.71 bits per heavy atom. The highest BCUT2D eigenvalue weighted by Crippen LogP contribution is 2.31. The minimum absolute atomic E-state index is 0.248. The summed E-state index contributed by atoms with van der Waals surface area (Å²) in [6.07, 6.45) is 5.14. The third-order valence-corrected chi connectivity index (χ3v) is 7.56. The van der Waals surface area contributed by atoms with Crippen LogP contribution in [-0.2, 0) is 10.0 Å². The Hall–Kier alpha value is -1.49. The lowest BCUT2D eigenvalue weighted by Crippen LogP contribution is -2.27. The van der Waals surface area contributed by atoms with Crippen molar-refractivity contribution in [2.75, 3.05) is 13.1 Å². The number of aryl methyl sites for hydroxylation is 1. The highest BCUT2D eigenvalue weighted by Gasteiger charge is 2.27. The smallest absolute Gasteiger partial charge is 0.244 e. The molecule has 0 spiro atoms. The van der Waals surface area contributed by atoms with Crippen molar-refractivity contribution in [1.29, 1.82) is 0 Å². The second-order valence-electron chi connectivity index (χ2n) is 5.52. The van der Waals surface area contributed by atoms with Crippen molar-refractivity contribution >= 4 is 38.1 Å². The quantitative estimate of drug-likeness (QED) is 0.690. The van der Waals surface area contributed by atoms with Gasteiger partial charge in [0.15, 0.2) is 4.34 Å². The van der Waals surface area contributed by atoms with Gasteiger partial charge in [-0.2, -0.15) is 4.31 Å². The first-order valence-corrected chi connectivity index (χ1v) is 10.6. The van der Waals surface area contributed by atoms with Gasteiger partial charge < -0.3 is 0 Å². The van der Waals surface area contributed by atoms with Gasteiger partial charge in [-0.15, -0.1) is 5.10 Å². The third kappa shape index (κ3) is 2.94. The summed E-state index contributed by atoms with van der Waals surface area (Å²) < 4.78 is 29.0. The molecule has 1 fully saturated rings. The number of hydrogen-bond donors (Lipinski definition) is 0. The molecule has 1 aliphatic rings. The molecule has 0 amide bonds. The summed E-state index contributed by atoms with van der Waals surface area (Å²) in [5.74, 6) is 0. The largest absolute Gasteiger partial charge is 0.248 e. The summed E-state index contributed by atoms with van der Waals surface area (Å²) in [5, 5.41) is 5.14. The van der Waals surface area contributed by atoms with Gasteiger partial charge in [-0.1, -0.05) is 11.3 Å². The van der Waals surface area contributed by atoms with Crippen molar-refractivity contribution < 1.29 is 8.42 Å². The van der Waals surface area contributed by atoms with E-state index in [1.165, 1.54) is 33.6 Å². The van der Waals surface area contributed by atoms with Gasteiger partial charge in [0, 0.05) is 19.3 Å². The predicted molar refractivity (Wildman–Crippen MR) is 92.0 cm³/mol. The summed E-state index contributed by atoms with van der Waals surface area (Å²) in [5.41, 5.74) is 0.930. The van der Waals surface area contributed by atoms with Crippen LogP contribution < -0.4 is 0 Å². The predicted octanol–water partition coefficient (Wildman–Crippen LogP) is 2.43. The monoisotopic (exact) mass is 381 g/mol. The van der Waals surface area contributed by atoms with Crippen molar-refractivity contribution in [3.05, 3.63) is 30.2 Å². The zero-order valence-electron chi connectivity index (χ0n) is 12.9. The first-order valence-electron chi connectivity index (χ1n) is 7.49. The Labute approximate surface area is 147 Å². The molecule has 0 bridgehead atoms. The molecule has 0 aliphatic carbocycles. The van der Waals surface area contributed by atoms with Crippen molar-refractivity contribution in [2.24, 2.45) is 0 Å². The number of sulfonamides is 1. The molecule has 1 aliphatic heterocycles. The molecule has 4 heterocycles. The molecule has 24 heavy (non-hydrogen) atoms. The molecular formula is C14H15N5O2S3. The molecule has 3 aromatic rings. The fraction of sp³-hybridized carbons (Fsp3) is 0.357. The van der Waals surface area contributed by atoms with Gasteiger partial charge in [0.25, 0.3) is 0 Å². The molecule has 10 heteroatoms. The highest BCUT2D eigenvalue weighted by atomic mass is 32.2. The first-order chi connectivity index (χ1) is 11.5. The van der Waals surface area contributed by atoms with Crippen LogP contribution in [0.15, 0.2) is 38.8 Å². The third-order valence-electron chi connectivity index (χ3n) is 3.75. The Morgan fingerprint density at radius 2 is 2.04 bits per heavy atom. The van der Waals surface area contributed by atoms with Crippen LogP contribution >= 0.6 is 23.1 Å².